The van der Waals surface area contributed by atoms with Crippen molar-refractivity contribution in [3.8, 4) is 11.5 Å². The molecule has 0 saturated carbocycles. The smallest absolute Gasteiger partial charge is 0.224 e. The summed E-state index contributed by atoms with van der Waals surface area (Å²) in [4.78, 5) is 11.3. The van der Waals surface area contributed by atoms with Crippen molar-refractivity contribution < 1.29 is 15.0 Å². The van der Waals surface area contributed by atoms with Gasteiger partial charge in [-0.1, -0.05) is 25.8 Å². The van der Waals surface area contributed by atoms with Crippen LogP contribution in [0.3, 0.4) is 0 Å². The van der Waals surface area contributed by atoms with Gasteiger partial charge in [-0.05, 0) is 24.1 Å². The predicted molar refractivity (Wildman–Crippen MR) is 61.2 cm³/mol. The van der Waals surface area contributed by atoms with Gasteiger partial charge in [-0.25, -0.2) is 0 Å². The number of aromatic hydroxyl groups is 2. The monoisotopic (exact) mass is 223 g/mol. The van der Waals surface area contributed by atoms with E-state index in [1.54, 1.807) is 6.07 Å². The molecule has 0 heterocycles. The van der Waals surface area contributed by atoms with Gasteiger partial charge < -0.3 is 15.9 Å². The van der Waals surface area contributed by atoms with Gasteiger partial charge in [0.2, 0.25) is 5.91 Å². The first-order valence-corrected chi connectivity index (χ1v) is 5.37. The molecule has 16 heavy (non-hydrogen) atoms. The molecule has 0 aliphatic rings. The van der Waals surface area contributed by atoms with Crippen molar-refractivity contribution in [2.45, 2.75) is 32.1 Å². The molecule has 88 valence electrons. The lowest BCUT2D eigenvalue weighted by Crippen LogP contribution is -2.21. The molecule has 1 atom stereocenters. The highest BCUT2D eigenvalue weighted by Crippen LogP contribution is 2.30. The standard InChI is InChI=1S/C12H17NO3/c1-2-3-4-9(12(13)16)8-5-6-10(14)11(15)7-8/h5-7,9,14-15H,2-4H2,1H3,(H2,13,16)/t9-/m0/s1. The van der Waals surface area contributed by atoms with Crippen molar-refractivity contribution in [3.63, 3.8) is 0 Å². The molecule has 0 saturated heterocycles. The Kier molecular flexibility index (Phi) is 4.17. The quantitative estimate of drug-likeness (QED) is 0.666. The van der Waals surface area contributed by atoms with Crippen molar-refractivity contribution in [1.29, 1.82) is 0 Å². The summed E-state index contributed by atoms with van der Waals surface area (Å²) in [7, 11) is 0. The number of amides is 1. The molecule has 0 spiro atoms. The summed E-state index contributed by atoms with van der Waals surface area (Å²) in [5, 5.41) is 18.5. The van der Waals surface area contributed by atoms with Gasteiger partial charge >= 0.3 is 0 Å². The number of benzene rings is 1. The van der Waals surface area contributed by atoms with E-state index in [-0.39, 0.29) is 11.5 Å². The number of unbranched alkanes of at least 4 members (excludes halogenated alkanes) is 1. The first-order valence-electron chi connectivity index (χ1n) is 5.37. The maximum absolute atomic E-state index is 11.3. The maximum Gasteiger partial charge on any atom is 0.224 e. The Balaban J connectivity index is 2.92. The van der Waals surface area contributed by atoms with Crippen LogP contribution in [0, 0.1) is 0 Å². The minimum atomic E-state index is -0.404. The van der Waals surface area contributed by atoms with Gasteiger partial charge in [0.1, 0.15) is 0 Å². The highest BCUT2D eigenvalue weighted by atomic mass is 16.3. The first kappa shape index (κ1) is 12.4. The van der Waals surface area contributed by atoms with Crippen LogP contribution in [0.4, 0.5) is 0 Å². The fourth-order valence-electron chi connectivity index (χ4n) is 1.64. The van der Waals surface area contributed by atoms with Crippen LogP contribution in [-0.4, -0.2) is 16.1 Å². The molecule has 0 unspecified atom stereocenters. The van der Waals surface area contributed by atoms with Gasteiger partial charge in [-0.3, -0.25) is 4.79 Å². The summed E-state index contributed by atoms with van der Waals surface area (Å²) < 4.78 is 0. The third-order valence-corrected chi connectivity index (χ3v) is 2.59. The van der Waals surface area contributed by atoms with Crippen molar-refractivity contribution in [3.05, 3.63) is 23.8 Å². The molecule has 0 aliphatic carbocycles. The number of hydrogen-bond donors (Lipinski definition) is 3. The molecular formula is C12H17NO3. The highest BCUT2D eigenvalue weighted by molar-refractivity contribution is 5.82. The van der Waals surface area contributed by atoms with Crippen LogP contribution in [0.1, 0.15) is 37.7 Å². The molecule has 0 radical (unpaired) electrons. The van der Waals surface area contributed by atoms with Crippen molar-refractivity contribution in [1.82, 2.24) is 0 Å². The van der Waals surface area contributed by atoms with Gasteiger partial charge in [0.15, 0.2) is 11.5 Å². The summed E-state index contributed by atoms with van der Waals surface area (Å²) in [6.45, 7) is 2.03. The van der Waals surface area contributed by atoms with Crippen molar-refractivity contribution in [2.24, 2.45) is 5.73 Å². The topological polar surface area (TPSA) is 83.6 Å². The molecule has 4 nitrogen and oxygen atoms in total. The minimum Gasteiger partial charge on any atom is -0.504 e. The number of primary amides is 1. The average molecular weight is 223 g/mol. The van der Waals surface area contributed by atoms with Gasteiger partial charge in [0.25, 0.3) is 0 Å². The molecule has 4 N–H and O–H groups in total. The van der Waals surface area contributed by atoms with Gasteiger partial charge in [-0.15, -0.1) is 0 Å². The lowest BCUT2D eigenvalue weighted by Gasteiger charge is -2.13. The summed E-state index contributed by atoms with van der Waals surface area (Å²) in [5.41, 5.74) is 5.96. The van der Waals surface area contributed by atoms with Crippen LogP contribution < -0.4 is 5.73 Å². The first-order chi connectivity index (χ1) is 7.56. The zero-order chi connectivity index (χ0) is 12.1. The van der Waals surface area contributed by atoms with E-state index in [9.17, 15) is 15.0 Å². The Hall–Kier alpha value is -1.71. The van der Waals surface area contributed by atoms with Crippen molar-refractivity contribution in [2.75, 3.05) is 0 Å². The normalized spacial score (nSPS) is 12.3. The lowest BCUT2D eigenvalue weighted by atomic mass is 9.93. The Bertz CT molecular complexity index is 377. The molecule has 0 fully saturated rings. The van der Waals surface area contributed by atoms with E-state index < -0.39 is 11.8 Å². The third-order valence-electron chi connectivity index (χ3n) is 2.59. The van der Waals surface area contributed by atoms with Crippen LogP contribution in [0.25, 0.3) is 0 Å². The summed E-state index contributed by atoms with van der Waals surface area (Å²) in [6.07, 6.45) is 2.54. The van der Waals surface area contributed by atoms with E-state index in [0.717, 1.165) is 12.8 Å². The summed E-state index contributed by atoms with van der Waals surface area (Å²) in [5.74, 6) is -1.22. The number of rotatable bonds is 5. The number of phenols is 2. The van der Waals surface area contributed by atoms with E-state index in [1.807, 2.05) is 6.92 Å². The van der Waals surface area contributed by atoms with Crippen LogP contribution >= 0.6 is 0 Å². The zero-order valence-electron chi connectivity index (χ0n) is 9.31. The Morgan fingerprint density at radius 3 is 2.56 bits per heavy atom. The van der Waals surface area contributed by atoms with E-state index in [4.69, 9.17) is 5.73 Å². The largest absolute Gasteiger partial charge is 0.504 e. The van der Waals surface area contributed by atoms with Gasteiger partial charge in [-0.2, -0.15) is 0 Å². The van der Waals surface area contributed by atoms with Crippen LogP contribution in [0.5, 0.6) is 11.5 Å². The maximum atomic E-state index is 11.3. The molecule has 1 aromatic carbocycles. The number of phenolic OH excluding ortho intramolecular Hbond substituents is 2. The molecule has 1 amide bonds. The molecule has 0 bridgehead atoms. The summed E-state index contributed by atoms with van der Waals surface area (Å²) in [6, 6.07) is 4.37. The second-order valence-corrected chi connectivity index (χ2v) is 3.85. The van der Waals surface area contributed by atoms with E-state index in [0.29, 0.717) is 12.0 Å². The second kappa shape index (κ2) is 5.39. The van der Waals surface area contributed by atoms with Gasteiger partial charge in [0, 0.05) is 0 Å². The highest BCUT2D eigenvalue weighted by Gasteiger charge is 2.18. The van der Waals surface area contributed by atoms with Crippen LogP contribution in [0.15, 0.2) is 18.2 Å². The predicted octanol–water partition coefficient (Wildman–Crippen LogP) is 1.86. The molecule has 1 rings (SSSR count). The SMILES string of the molecule is CCCC[C@H](C(N)=O)c1ccc(O)c(O)c1. The van der Waals surface area contributed by atoms with Gasteiger partial charge in [0.05, 0.1) is 5.92 Å². The zero-order valence-corrected chi connectivity index (χ0v) is 9.31. The minimum absolute atomic E-state index is 0.192. The molecule has 0 aliphatic heterocycles. The van der Waals surface area contributed by atoms with E-state index in [1.165, 1.54) is 12.1 Å². The number of hydrogen-bond acceptors (Lipinski definition) is 3. The van der Waals surface area contributed by atoms with Crippen LogP contribution in [0.2, 0.25) is 0 Å². The second-order valence-electron chi connectivity index (χ2n) is 3.85. The number of nitrogens with two attached hydrogens (primary N) is 1. The molecule has 1 aromatic rings. The Morgan fingerprint density at radius 2 is 2.06 bits per heavy atom. The van der Waals surface area contributed by atoms with E-state index in [2.05, 4.69) is 0 Å². The fourth-order valence-corrected chi connectivity index (χ4v) is 1.64. The summed E-state index contributed by atoms with van der Waals surface area (Å²) >= 11 is 0. The lowest BCUT2D eigenvalue weighted by molar-refractivity contribution is -0.119. The van der Waals surface area contributed by atoms with Crippen molar-refractivity contribution >= 4 is 5.91 Å². The third kappa shape index (κ3) is 2.89. The average Bonchev–Trinajstić information content (AvgIpc) is 2.23. The molecule has 0 aromatic heterocycles. The fraction of sp³-hybridized carbons (Fsp3) is 0.417. The Labute approximate surface area is 94.7 Å². The number of carbonyl (C=O) groups excluding carboxylic acids is 1. The van der Waals surface area contributed by atoms with Crippen LogP contribution in [-0.2, 0) is 4.79 Å². The van der Waals surface area contributed by atoms with E-state index >= 15 is 0 Å². The molecular weight excluding hydrogens is 206 g/mol. The molecule has 4 heteroatoms. The Morgan fingerprint density at radius 1 is 1.38 bits per heavy atom. The number of carbonyl (C=O) groups is 1.